The molecule has 1 aromatic heterocycles. The standard InChI is InChI=1S/C23H25N3O5S/c1-23(10-7-16-5-3-2-4-6-16)21(29)26(22(30)24-23)14-20(28)31-15-19(27)25-11-8-18-17(13-25)9-12-32-18/h2-6,9,12H,7-8,10-11,13-15H2,1H3,(H,24,30)/t23-/m0/s1. The number of urea groups is 1. The molecule has 0 unspecified atom stereocenters. The lowest BCUT2D eigenvalue weighted by molar-refractivity contribution is -0.154. The second kappa shape index (κ2) is 9.12. The first-order chi connectivity index (χ1) is 15.4. The zero-order valence-electron chi connectivity index (χ0n) is 17.8. The van der Waals surface area contributed by atoms with E-state index in [9.17, 15) is 19.2 Å². The van der Waals surface area contributed by atoms with E-state index in [1.807, 2.05) is 41.8 Å². The van der Waals surface area contributed by atoms with Gasteiger partial charge in [-0.3, -0.25) is 19.3 Å². The predicted octanol–water partition coefficient (Wildman–Crippen LogP) is 2.12. The van der Waals surface area contributed by atoms with Gasteiger partial charge in [0.15, 0.2) is 6.61 Å². The molecule has 0 saturated carbocycles. The number of ether oxygens (including phenoxy) is 1. The summed E-state index contributed by atoms with van der Waals surface area (Å²) in [6.07, 6.45) is 1.81. The number of benzene rings is 1. The smallest absolute Gasteiger partial charge is 0.326 e. The second-order valence-corrected chi connectivity index (χ2v) is 9.23. The Hall–Kier alpha value is -3.20. The Balaban J connectivity index is 1.27. The normalized spacial score (nSPS) is 20.2. The molecule has 2 aliphatic rings. The fourth-order valence-corrected chi connectivity index (χ4v) is 4.86. The zero-order chi connectivity index (χ0) is 22.7. The van der Waals surface area contributed by atoms with Crippen molar-refractivity contribution in [3.63, 3.8) is 0 Å². The molecule has 2 aliphatic heterocycles. The van der Waals surface area contributed by atoms with E-state index < -0.39 is 36.6 Å². The lowest BCUT2D eigenvalue weighted by Crippen LogP contribution is -2.45. The van der Waals surface area contributed by atoms with E-state index in [2.05, 4.69) is 5.32 Å². The number of amides is 4. The third-order valence-electron chi connectivity index (χ3n) is 5.91. The summed E-state index contributed by atoms with van der Waals surface area (Å²) >= 11 is 1.68. The molecule has 0 aliphatic carbocycles. The number of carbonyl (C=O) groups is 4. The third-order valence-corrected chi connectivity index (χ3v) is 6.93. The second-order valence-electron chi connectivity index (χ2n) is 8.23. The highest BCUT2D eigenvalue weighted by molar-refractivity contribution is 7.10. The molecule has 9 heteroatoms. The number of thiophene rings is 1. The highest BCUT2D eigenvalue weighted by Gasteiger charge is 2.48. The molecule has 1 atom stereocenters. The fourth-order valence-electron chi connectivity index (χ4n) is 3.97. The van der Waals surface area contributed by atoms with E-state index in [0.29, 0.717) is 25.9 Å². The van der Waals surface area contributed by atoms with Crippen LogP contribution >= 0.6 is 11.3 Å². The fraction of sp³-hybridized carbons (Fsp3) is 0.391. The lowest BCUT2D eigenvalue weighted by atomic mass is 9.93. The van der Waals surface area contributed by atoms with Crippen molar-refractivity contribution >= 4 is 35.2 Å². The van der Waals surface area contributed by atoms with Gasteiger partial charge in [-0.25, -0.2) is 4.79 Å². The average Bonchev–Trinajstić information content (AvgIpc) is 3.35. The van der Waals surface area contributed by atoms with Gasteiger partial charge in [0.25, 0.3) is 11.8 Å². The summed E-state index contributed by atoms with van der Waals surface area (Å²) in [5.41, 5.74) is 1.09. The van der Waals surface area contributed by atoms with Gasteiger partial charge in [0.1, 0.15) is 12.1 Å². The van der Waals surface area contributed by atoms with Gasteiger partial charge in [0.05, 0.1) is 0 Å². The van der Waals surface area contributed by atoms with Crippen molar-refractivity contribution in [2.75, 3.05) is 19.7 Å². The zero-order valence-corrected chi connectivity index (χ0v) is 18.7. The molecule has 1 fully saturated rings. The molecule has 1 aromatic carbocycles. The van der Waals surface area contributed by atoms with Crippen molar-refractivity contribution in [1.29, 1.82) is 0 Å². The molecule has 4 rings (SSSR count). The molecular formula is C23H25N3O5S. The SMILES string of the molecule is C[C@@]1(CCc2ccccc2)NC(=O)N(CC(=O)OCC(=O)N2CCc3sccc3C2)C1=O. The summed E-state index contributed by atoms with van der Waals surface area (Å²) in [5.74, 6) is -1.55. The van der Waals surface area contributed by atoms with Crippen LogP contribution in [0, 0.1) is 0 Å². The molecular weight excluding hydrogens is 430 g/mol. The van der Waals surface area contributed by atoms with Crippen molar-refractivity contribution < 1.29 is 23.9 Å². The van der Waals surface area contributed by atoms with Gasteiger partial charge in [-0.05, 0) is 48.8 Å². The Morgan fingerprint density at radius 3 is 2.75 bits per heavy atom. The van der Waals surface area contributed by atoms with Crippen LogP contribution in [0.1, 0.15) is 29.3 Å². The monoisotopic (exact) mass is 455 g/mol. The van der Waals surface area contributed by atoms with Crippen molar-refractivity contribution in [1.82, 2.24) is 15.1 Å². The maximum absolute atomic E-state index is 12.8. The van der Waals surface area contributed by atoms with Gasteiger partial charge in [-0.1, -0.05) is 30.3 Å². The summed E-state index contributed by atoms with van der Waals surface area (Å²) in [4.78, 5) is 53.6. The molecule has 3 heterocycles. The largest absolute Gasteiger partial charge is 0.454 e. The van der Waals surface area contributed by atoms with Crippen LogP contribution in [0.5, 0.6) is 0 Å². The minimum atomic E-state index is -1.09. The number of esters is 1. The van der Waals surface area contributed by atoms with Crippen molar-refractivity contribution in [3.8, 4) is 0 Å². The van der Waals surface area contributed by atoms with Gasteiger partial charge in [-0.2, -0.15) is 0 Å². The molecule has 8 nitrogen and oxygen atoms in total. The van der Waals surface area contributed by atoms with Crippen LogP contribution in [0.25, 0.3) is 0 Å². The number of hydrogen-bond donors (Lipinski definition) is 1. The first kappa shape index (κ1) is 22.0. The maximum Gasteiger partial charge on any atom is 0.326 e. The van der Waals surface area contributed by atoms with E-state index in [4.69, 9.17) is 4.74 Å². The van der Waals surface area contributed by atoms with E-state index in [0.717, 1.165) is 22.4 Å². The molecule has 4 amide bonds. The molecule has 0 bridgehead atoms. The van der Waals surface area contributed by atoms with Crippen molar-refractivity contribution in [3.05, 3.63) is 57.8 Å². The molecule has 1 N–H and O–H groups in total. The number of carbonyl (C=O) groups excluding carboxylic acids is 4. The summed E-state index contributed by atoms with van der Waals surface area (Å²) in [6.45, 7) is 1.81. The highest BCUT2D eigenvalue weighted by Crippen LogP contribution is 2.25. The van der Waals surface area contributed by atoms with Gasteiger partial charge in [0.2, 0.25) is 0 Å². The predicted molar refractivity (Wildman–Crippen MR) is 118 cm³/mol. The Kier molecular flexibility index (Phi) is 6.27. The van der Waals surface area contributed by atoms with E-state index in [1.54, 1.807) is 23.2 Å². The van der Waals surface area contributed by atoms with Crippen LogP contribution in [0.2, 0.25) is 0 Å². The lowest BCUT2D eigenvalue weighted by Gasteiger charge is -2.26. The van der Waals surface area contributed by atoms with E-state index in [1.165, 1.54) is 4.88 Å². The number of rotatable bonds is 7. The number of aryl methyl sites for hydroxylation is 1. The summed E-state index contributed by atoms with van der Waals surface area (Å²) in [6, 6.07) is 11.0. The number of fused-ring (bicyclic) bond motifs is 1. The topological polar surface area (TPSA) is 96.0 Å². The Morgan fingerprint density at radius 2 is 1.97 bits per heavy atom. The highest BCUT2D eigenvalue weighted by atomic mass is 32.1. The van der Waals surface area contributed by atoms with Crippen LogP contribution in [0.3, 0.4) is 0 Å². The van der Waals surface area contributed by atoms with Crippen LogP contribution in [0.15, 0.2) is 41.8 Å². The minimum absolute atomic E-state index is 0.292. The summed E-state index contributed by atoms with van der Waals surface area (Å²) in [5, 5.41) is 4.69. The maximum atomic E-state index is 12.8. The Morgan fingerprint density at radius 1 is 1.19 bits per heavy atom. The van der Waals surface area contributed by atoms with Gasteiger partial charge in [0, 0.05) is 18.0 Å². The molecule has 168 valence electrons. The van der Waals surface area contributed by atoms with Gasteiger partial charge >= 0.3 is 12.0 Å². The first-order valence-electron chi connectivity index (χ1n) is 10.5. The van der Waals surface area contributed by atoms with Crippen LogP contribution in [0.4, 0.5) is 4.79 Å². The van der Waals surface area contributed by atoms with Crippen LogP contribution in [-0.2, 0) is 38.5 Å². The minimum Gasteiger partial charge on any atom is -0.454 e. The number of nitrogens with zero attached hydrogens (tertiary/aromatic N) is 2. The van der Waals surface area contributed by atoms with Crippen molar-refractivity contribution in [2.24, 2.45) is 0 Å². The molecule has 2 aromatic rings. The third kappa shape index (κ3) is 4.67. The Labute approximate surface area is 190 Å². The van der Waals surface area contributed by atoms with Crippen molar-refractivity contribution in [2.45, 2.75) is 38.3 Å². The number of nitrogens with one attached hydrogen (secondary N) is 1. The summed E-state index contributed by atoms with van der Waals surface area (Å²) in [7, 11) is 0. The molecule has 32 heavy (non-hydrogen) atoms. The average molecular weight is 456 g/mol. The van der Waals surface area contributed by atoms with Gasteiger partial charge < -0.3 is 15.0 Å². The molecule has 0 spiro atoms. The van der Waals surface area contributed by atoms with Gasteiger partial charge in [-0.15, -0.1) is 11.3 Å². The first-order valence-corrected chi connectivity index (χ1v) is 11.4. The molecule has 1 saturated heterocycles. The number of hydrogen-bond acceptors (Lipinski definition) is 6. The van der Waals surface area contributed by atoms with E-state index in [-0.39, 0.29) is 5.91 Å². The Bertz CT molecular complexity index is 1040. The van der Waals surface area contributed by atoms with Crippen LogP contribution < -0.4 is 5.32 Å². The van der Waals surface area contributed by atoms with E-state index >= 15 is 0 Å². The quantitative estimate of drug-likeness (QED) is 0.510. The molecule has 0 radical (unpaired) electrons. The summed E-state index contributed by atoms with van der Waals surface area (Å²) < 4.78 is 5.08. The number of imide groups is 1. The van der Waals surface area contributed by atoms with Crippen LogP contribution in [-0.4, -0.2) is 58.8 Å².